The first-order chi connectivity index (χ1) is 12.2. The third-order valence-corrected chi connectivity index (χ3v) is 4.87. The Morgan fingerprint density at radius 3 is 1.76 bits per heavy atom. The number of hydrogen-bond acceptors (Lipinski definition) is 0. The second kappa shape index (κ2) is 7.60. The molecule has 0 aromatic heterocycles. The molecule has 1 aliphatic rings. The molecule has 2 nitrogen and oxygen atoms in total. The van der Waals surface area contributed by atoms with Crippen LogP contribution in [0.15, 0.2) is 60.2 Å². The number of benzene rings is 2. The molecule has 128 valence electrons. The number of hydrogen-bond donors (Lipinski definition) is 0. The van der Waals surface area contributed by atoms with Gasteiger partial charge < -0.3 is 5.53 Å². The van der Waals surface area contributed by atoms with Crippen LogP contribution in [0.1, 0.15) is 55.9 Å². The SMILES string of the molecule is CCCC1=C(c2ccc(CC)cc2)[N+](=[N-])C(c2ccc(CC)cc2)=C1. The second-order valence-corrected chi connectivity index (χ2v) is 6.57. The van der Waals surface area contributed by atoms with Gasteiger partial charge in [0.05, 0.1) is 0 Å². The molecule has 2 aromatic rings. The maximum absolute atomic E-state index is 10.9. The maximum atomic E-state index is 10.9. The van der Waals surface area contributed by atoms with Crippen LogP contribution < -0.4 is 0 Å². The maximum Gasteiger partial charge on any atom is 0.210 e. The Morgan fingerprint density at radius 1 is 0.760 bits per heavy atom. The number of rotatable bonds is 6. The summed E-state index contributed by atoms with van der Waals surface area (Å²) < 4.78 is 1.37. The minimum atomic E-state index is 0.862. The summed E-state index contributed by atoms with van der Waals surface area (Å²) >= 11 is 0. The summed E-state index contributed by atoms with van der Waals surface area (Å²) in [5.74, 6) is 0. The lowest BCUT2D eigenvalue weighted by Crippen LogP contribution is -2.02. The molecule has 0 unspecified atom stereocenters. The van der Waals surface area contributed by atoms with Crippen LogP contribution in [-0.4, -0.2) is 4.70 Å². The highest BCUT2D eigenvalue weighted by atomic mass is 15.2. The minimum Gasteiger partial charge on any atom is -0.493 e. The van der Waals surface area contributed by atoms with Crippen molar-refractivity contribution in [2.45, 2.75) is 46.5 Å². The Morgan fingerprint density at radius 2 is 1.28 bits per heavy atom. The van der Waals surface area contributed by atoms with E-state index in [2.05, 4.69) is 75.4 Å². The van der Waals surface area contributed by atoms with Gasteiger partial charge in [0.1, 0.15) is 0 Å². The Bertz CT molecular complexity index is 821. The van der Waals surface area contributed by atoms with E-state index in [4.69, 9.17) is 0 Å². The summed E-state index contributed by atoms with van der Waals surface area (Å²) in [6.07, 6.45) is 6.19. The fraction of sp³-hybridized carbons (Fsp3) is 0.304. The molecule has 25 heavy (non-hydrogen) atoms. The third-order valence-electron chi connectivity index (χ3n) is 4.87. The Balaban J connectivity index is 1.97. The molecule has 0 fully saturated rings. The van der Waals surface area contributed by atoms with Crippen molar-refractivity contribution in [2.24, 2.45) is 0 Å². The molecule has 0 saturated carbocycles. The van der Waals surface area contributed by atoms with Crippen molar-refractivity contribution in [3.63, 3.8) is 0 Å². The molecule has 0 amide bonds. The van der Waals surface area contributed by atoms with Crippen LogP contribution in [0.2, 0.25) is 0 Å². The fourth-order valence-corrected chi connectivity index (χ4v) is 3.33. The first-order valence-corrected chi connectivity index (χ1v) is 9.30. The van der Waals surface area contributed by atoms with E-state index < -0.39 is 0 Å². The van der Waals surface area contributed by atoms with E-state index >= 15 is 0 Å². The van der Waals surface area contributed by atoms with Crippen molar-refractivity contribution >= 4 is 11.4 Å². The lowest BCUT2D eigenvalue weighted by atomic mass is 10.0. The van der Waals surface area contributed by atoms with Crippen molar-refractivity contribution in [1.82, 2.24) is 0 Å². The molecule has 0 N–H and O–H groups in total. The fourth-order valence-electron chi connectivity index (χ4n) is 3.33. The minimum absolute atomic E-state index is 0.862. The first kappa shape index (κ1) is 17.3. The normalized spacial score (nSPS) is 14.2. The Kier molecular flexibility index (Phi) is 5.28. The van der Waals surface area contributed by atoms with Gasteiger partial charge in [0, 0.05) is 22.8 Å². The molecule has 1 heterocycles. The monoisotopic (exact) mass is 330 g/mol. The van der Waals surface area contributed by atoms with Crippen molar-refractivity contribution < 1.29 is 4.70 Å². The van der Waals surface area contributed by atoms with Gasteiger partial charge in [-0.15, -0.1) is 0 Å². The highest BCUT2D eigenvalue weighted by molar-refractivity contribution is 5.78. The van der Waals surface area contributed by atoms with E-state index in [-0.39, 0.29) is 0 Å². The second-order valence-electron chi connectivity index (χ2n) is 6.57. The van der Waals surface area contributed by atoms with Gasteiger partial charge in [0.2, 0.25) is 11.4 Å². The molecular weight excluding hydrogens is 304 g/mol. The van der Waals surface area contributed by atoms with Crippen LogP contribution in [0.3, 0.4) is 0 Å². The average Bonchev–Trinajstić information content (AvgIpc) is 2.98. The summed E-state index contributed by atoms with van der Waals surface area (Å²) in [6.45, 7) is 6.49. The van der Waals surface area contributed by atoms with E-state index in [1.165, 1.54) is 21.4 Å². The average molecular weight is 330 g/mol. The molecule has 0 radical (unpaired) electrons. The van der Waals surface area contributed by atoms with E-state index in [1.54, 1.807) is 0 Å². The predicted molar refractivity (Wildman–Crippen MR) is 105 cm³/mol. The van der Waals surface area contributed by atoms with Crippen LogP contribution in [0, 0.1) is 0 Å². The standard InChI is InChI=1S/C23H26N2/c1-4-7-21-16-22(19-12-8-17(5-2)9-13-19)25(24)23(21)20-14-10-18(6-3)11-15-20/h8-16H,4-7H2,1-3H3. The van der Waals surface area contributed by atoms with E-state index in [9.17, 15) is 5.53 Å². The van der Waals surface area contributed by atoms with Gasteiger partial charge >= 0.3 is 0 Å². The van der Waals surface area contributed by atoms with E-state index in [1.807, 2.05) is 0 Å². The van der Waals surface area contributed by atoms with Crippen LogP contribution in [0.4, 0.5) is 0 Å². The van der Waals surface area contributed by atoms with Gasteiger partial charge in [-0.1, -0.05) is 51.5 Å². The van der Waals surface area contributed by atoms with Gasteiger partial charge in [-0.2, -0.15) is 0 Å². The van der Waals surface area contributed by atoms with Gasteiger partial charge in [-0.3, -0.25) is 0 Å². The zero-order valence-corrected chi connectivity index (χ0v) is 15.4. The van der Waals surface area contributed by atoms with Crippen LogP contribution in [0.25, 0.3) is 16.9 Å². The quantitative estimate of drug-likeness (QED) is 0.547. The van der Waals surface area contributed by atoms with Crippen molar-refractivity contribution in [2.75, 3.05) is 0 Å². The van der Waals surface area contributed by atoms with Crippen molar-refractivity contribution in [3.05, 3.63) is 88.0 Å². The zero-order valence-electron chi connectivity index (χ0n) is 15.4. The van der Waals surface area contributed by atoms with Crippen LogP contribution in [0.5, 0.6) is 0 Å². The smallest absolute Gasteiger partial charge is 0.210 e. The number of aryl methyl sites for hydroxylation is 2. The summed E-state index contributed by atoms with van der Waals surface area (Å²) in [5, 5.41) is 0. The van der Waals surface area contributed by atoms with Gasteiger partial charge in [0.25, 0.3) is 0 Å². The summed E-state index contributed by atoms with van der Waals surface area (Å²) in [5.41, 5.74) is 18.6. The van der Waals surface area contributed by atoms with Gasteiger partial charge in [-0.05, 0) is 54.7 Å². The van der Waals surface area contributed by atoms with E-state index in [0.717, 1.165) is 48.2 Å². The number of nitrogens with zero attached hydrogens (tertiary/aromatic N) is 2. The molecule has 0 atom stereocenters. The molecule has 0 aliphatic carbocycles. The summed E-state index contributed by atoms with van der Waals surface area (Å²) in [6, 6.07) is 17.0. The molecular formula is C23H26N2. The largest absolute Gasteiger partial charge is 0.493 e. The molecule has 0 spiro atoms. The third kappa shape index (κ3) is 3.48. The van der Waals surface area contributed by atoms with Crippen molar-refractivity contribution in [1.29, 1.82) is 0 Å². The molecule has 0 bridgehead atoms. The Hall–Kier alpha value is -2.48. The topological polar surface area (TPSA) is 25.3 Å². The predicted octanol–water partition coefficient (Wildman–Crippen LogP) is 6.41. The first-order valence-electron chi connectivity index (χ1n) is 9.30. The lowest BCUT2D eigenvalue weighted by Gasteiger charge is -2.10. The lowest BCUT2D eigenvalue weighted by molar-refractivity contribution is -0.344. The molecule has 1 aliphatic heterocycles. The molecule has 3 rings (SSSR count). The number of allylic oxidation sites excluding steroid dienone is 2. The zero-order chi connectivity index (χ0) is 17.8. The highest BCUT2D eigenvalue weighted by Gasteiger charge is 2.28. The van der Waals surface area contributed by atoms with Gasteiger partial charge in [0.15, 0.2) is 0 Å². The van der Waals surface area contributed by atoms with E-state index in [0.29, 0.717) is 0 Å². The molecule has 2 heteroatoms. The van der Waals surface area contributed by atoms with Gasteiger partial charge in [-0.25, -0.2) is 4.70 Å². The molecule has 2 aromatic carbocycles. The van der Waals surface area contributed by atoms with Crippen LogP contribution in [-0.2, 0) is 12.8 Å². The summed E-state index contributed by atoms with van der Waals surface area (Å²) in [7, 11) is 0. The van der Waals surface area contributed by atoms with Crippen LogP contribution >= 0.6 is 0 Å². The summed E-state index contributed by atoms with van der Waals surface area (Å²) in [4.78, 5) is 0. The highest BCUT2D eigenvalue weighted by Crippen LogP contribution is 2.37. The molecule has 0 saturated heterocycles. The Labute approximate surface area is 151 Å². The van der Waals surface area contributed by atoms with Crippen molar-refractivity contribution in [3.8, 4) is 0 Å².